The molecule has 0 unspecified atom stereocenters. The summed E-state index contributed by atoms with van der Waals surface area (Å²) in [5.74, 6) is 0.107. The molecule has 0 saturated carbocycles. The first kappa shape index (κ1) is 15.4. The van der Waals surface area contributed by atoms with Crippen LogP contribution in [0.4, 0.5) is 0 Å². The Labute approximate surface area is 110 Å². The molecule has 5 nitrogen and oxygen atoms in total. The van der Waals surface area contributed by atoms with Crippen LogP contribution in [0.5, 0.6) is 0 Å². The van der Waals surface area contributed by atoms with Gasteiger partial charge in [0.25, 0.3) is 0 Å². The third-order valence-corrected chi connectivity index (χ3v) is 3.07. The van der Waals surface area contributed by atoms with Gasteiger partial charge in [0.1, 0.15) is 0 Å². The number of carbonyl (C=O) groups is 1. The predicted molar refractivity (Wildman–Crippen MR) is 72.4 cm³/mol. The van der Waals surface area contributed by atoms with Crippen molar-refractivity contribution in [3.63, 3.8) is 0 Å². The van der Waals surface area contributed by atoms with Gasteiger partial charge in [-0.25, -0.2) is 0 Å². The van der Waals surface area contributed by atoms with Gasteiger partial charge in [-0.2, -0.15) is 0 Å². The largest absolute Gasteiger partial charge is 0.379 e. The maximum absolute atomic E-state index is 11.5. The molecular weight excluding hydrogens is 230 g/mol. The van der Waals surface area contributed by atoms with Crippen molar-refractivity contribution in [1.82, 2.24) is 10.2 Å². The normalized spacial score (nSPS) is 17.7. The summed E-state index contributed by atoms with van der Waals surface area (Å²) in [6.07, 6.45) is 2.24. The molecule has 5 heteroatoms. The van der Waals surface area contributed by atoms with Crippen LogP contribution >= 0.6 is 0 Å². The highest BCUT2D eigenvalue weighted by Crippen LogP contribution is 2.06. The molecule has 106 valence electrons. The molecule has 0 radical (unpaired) electrons. The fourth-order valence-electron chi connectivity index (χ4n) is 1.88. The minimum absolute atomic E-state index is 0.107. The smallest absolute Gasteiger partial charge is 0.220 e. The molecular formula is C13H27N3O2. The van der Waals surface area contributed by atoms with E-state index < -0.39 is 0 Å². The van der Waals surface area contributed by atoms with E-state index in [9.17, 15) is 4.79 Å². The molecule has 0 bridgehead atoms. The Bertz CT molecular complexity index is 245. The third kappa shape index (κ3) is 7.63. The van der Waals surface area contributed by atoms with E-state index in [0.717, 1.165) is 52.2 Å². The molecule has 1 rings (SSSR count). The quantitative estimate of drug-likeness (QED) is 0.646. The lowest BCUT2D eigenvalue weighted by molar-refractivity contribution is -0.121. The Hall–Kier alpha value is -0.650. The number of amides is 1. The van der Waals surface area contributed by atoms with Gasteiger partial charge < -0.3 is 15.8 Å². The number of hydrogen-bond donors (Lipinski definition) is 2. The van der Waals surface area contributed by atoms with Crippen molar-refractivity contribution in [3.05, 3.63) is 0 Å². The number of morpholine rings is 1. The number of carbonyl (C=O) groups excluding carboxylic acids is 1. The second-order valence-electron chi connectivity index (χ2n) is 5.65. The maximum atomic E-state index is 11.5. The van der Waals surface area contributed by atoms with Gasteiger partial charge in [-0.15, -0.1) is 0 Å². The van der Waals surface area contributed by atoms with Crippen LogP contribution in [0.25, 0.3) is 0 Å². The molecule has 3 N–H and O–H groups in total. The first-order valence-corrected chi connectivity index (χ1v) is 6.83. The first-order valence-electron chi connectivity index (χ1n) is 6.83. The van der Waals surface area contributed by atoms with E-state index in [2.05, 4.69) is 10.2 Å². The Morgan fingerprint density at radius 2 is 2.06 bits per heavy atom. The molecule has 1 saturated heterocycles. The summed E-state index contributed by atoms with van der Waals surface area (Å²) in [4.78, 5) is 13.9. The summed E-state index contributed by atoms with van der Waals surface area (Å²) in [6.45, 7) is 9.35. The number of rotatable bonds is 7. The molecule has 1 aliphatic rings. The van der Waals surface area contributed by atoms with Crippen molar-refractivity contribution < 1.29 is 9.53 Å². The highest BCUT2D eigenvalue weighted by Gasteiger charge is 2.13. The van der Waals surface area contributed by atoms with Crippen molar-refractivity contribution in [2.75, 3.05) is 39.4 Å². The lowest BCUT2D eigenvalue weighted by Gasteiger charge is -2.26. The highest BCUT2D eigenvalue weighted by molar-refractivity contribution is 5.75. The van der Waals surface area contributed by atoms with Gasteiger partial charge in [0, 0.05) is 31.6 Å². The molecule has 0 aromatic heterocycles. The van der Waals surface area contributed by atoms with E-state index in [4.69, 9.17) is 10.5 Å². The molecule has 18 heavy (non-hydrogen) atoms. The van der Waals surface area contributed by atoms with E-state index in [1.54, 1.807) is 0 Å². The van der Waals surface area contributed by atoms with Gasteiger partial charge in [-0.3, -0.25) is 9.69 Å². The summed E-state index contributed by atoms with van der Waals surface area (Å²) >= 11 is 0. The summed E-state index contributed by atoms with van der Waals surface area (Å²) in [6, 6.07) is 0. The first-order chi connectivity index (χ1) is 8.47. The van der Waals surface area contributed by atoms with Crippen LogP contribution in [-0.4, -0.2) is 55.7 Å². The average Bonchev–Trinajstić information content (AvgIpc) is 2.33. The molecule has 1 heterocycles. The molecule has 1 amide bonds. The molecule has 0 spiro atoms. The van der Waals surface area contributed by atoms with Gasteiger partial charge in [-0.1, -0.05) is 0 Å². The molecule has 0 aromatic rings. The molecule has 0 atom stereocenters. The predicted octanol–water partition coefficient (Wildman–Crippen LogP) is 0.342. The lowest BCUT2D eigenvalue weighted by atomic mass is 10.00. The molecule has 0 aromatic carbocycles. The van der Waals surface area contributed by atoms with Crippen LogP contribution in [-0.2, 0) is 9.53 Å². The number of nitrogens with two attached hydrogens (primary N) is 1. The summed E-state index contributed by atoms with van der Waals surface area (Å²) in [5, 5.41) is 2.94. The average molecular weight is 257 g/mol. The van der Waals surface area contributed by atoms with E-state index >= 15 is 0 Å². The Kier molecular flexibility index (Phi) is 6.60. The number of nitrogens with one attached hydrogen (secondary N) is 1. The standard InChI is InChI=1S/C13H27N3O2/c1-13(2,14)5-4-12(17)15-6-3-7-16-8-10-18-11-9-16/h3-11,14H2,1-2H3,(H,15,17). The van der Waals surface area contributed by atoms with Crippen LogP contribution in [0.1, 0.15) is 33.1 Å². The van der Waals surface area contributed by atoms with Gasteiger partial charge >= 0.3 is 0 Å². The Balaban J connectivity index is 1.98. The zero-order valence-corrected chi connectivity index (χ0v) is 11.7. The monoisotopic (exact) mass is 257 g/mol. The highest BCUT2D eigenvalue weighted by atomic mass is 16.5. The van der Waals surface area contributed by atoms with Crippen LogP contribution in [0, 0.1) is 0 Å². The second-order valence-corrected chi connectivity index (χ2v) is 5.65. The maximum Gasteiger partial charge on any atom is 0.220 e. The summed E-state index contributed by atoms with van der Waals surface area (Å²) < 4.78 is 5.28. The lowest BCUT2D eigenvalue weighted by Crippen LogP contribution is -2.38. The van der Waals surface area contributed by atoms with Gasteiger partial charge in [0.15, 0.2) is 0 Å². The van der Waals surface area contributed by atoms with Crippen molar-refractivity contribution in [2.24, 2.45) is 5.73 Å². The van der Waals surface area contributed by atoms with E-state index in [0.29, 0.717) is 6.42 Å². The van der Waals surface area contributed by atoms with Gasteiger partial charge in [0.2, 0.25) is 5.91 Å². The van der Waals surface area contributed by atoms with E-state index in [-0.39, 0.29) is 11.4 Å². The molecule has 0 aliphatic carbocycles. The fourth-order valence-corrected chi connectivity index (χ4v) is 1.88. The fraction of sp³-hybridized carbons (Fsp3) is 0.923. The van der Waals surface area contributed by atoms with Crippen molar-refractivity contribution in [2.45, 2.75) is 38.6 Å². The Morgan fingerprint density at radius 1 is 1.39 bits per heavy atom. The topological polar surface area (TPSA) is 67.6 Å². The van der Waals surface area contributed by atoms with Crippen molar-refractivity contribution in [3.8, 4) is 0 Å². The summed E-state index contributed by atoms with van der Waals surface area (Å²) in [5.41, 5.74) is 5.58. The van der Waals surface area contributed by atoms with Crippen molar-refractivity contribution >= 4 is 5.91 Å². The van der Waals surface area contributed by atoms with Gasteiger partial charge in [-0.05, 0) is 33.2 Å². The van der Waals surface area contributed by atoms with E-state index in [1.165, 1.54) is 0 Å². The number of hydrogen-bond acceptors (Lipinski definition) is 4. The minimum Gasteiger partial charge on any atom is -0.379 e. The van der Waals surface area contributed by atoms with Crippen LogP contribution < -0.4 is 11.1 Å². The minimum atomic E-state index is -0.259. The molecule has 1 fully saturated rings. The van der Waals surface area contributed by atoms with E-state index in [1.807, 2.05) is 13.8 Å². The van der Waals surface area contributed by atoms with Crippen LogP contribution in [0.15, 0.2) is 0 Å². The van der Waals surface area contributed by atoms with Crippen LogP contribution in [0.2, 0.25) is 0 Å². The zero-order chi connectivity index (χ0) is 13.4. The van der Waals surface area contributed by atoms with Crippen molar-refractivity contribution in [1.29, 1.82) is 0 Å². The van der Waals surface area contributed by atoms with Crippen LogP contribution in [0.3, 0.4) is 0 Å². The Morgan fingerprint density at radius 3 is 2.67 bits per heavy atom. The number of ether oxygens (including phenoxy) is 1. The third-order valence-electron chi connectivity index (χ3n) is 3.07. The number of nitrogens with zero attached hydrogens (tertiary/aromatic N) is 1. The molecule has 1 aliphatic heterocycles. The SMILES string of the molecule is CC(C)(N)CCC(=O)NCCCN1CCOCC1. The summed E-state index contributed by atoms with van der Waals surface area (Å²) in [7, 11) is 0. The zero-order valence-electron chi connectivity index (χ0n) is 11.7. The van der Waals surface area contributed by atoms with Gasteiger partial charge in [0.05, 0.1) is 13.2 Å². The second kappa shape index (κ2) is 7.71.